The molecule has 0 aromatic rings. The summed E-state index contributed by atoms with van der Waals surface area (Å²) in [6.07, 6.45) is 0. The summed E-state index contributed by atoms with van der Waals surface area (Å²) in [5, 5.41) is 0. The Morgan fingerprint density at radius 2 is 0.900 bits per heavy atom. The van der Waals surface area contributed by atoms with Crippen molar-refractivity contribution in [1.29, 1.82) is 0 Å². The van der Waals surface area contributed by atoms with Crippen LogP contribution in [0.15, 0.2) is 0 Å². The summed E-state index contributed by atoms with van der Waals surface area (Å²) in [4.78, 5) is 0. The van der Waals surface area contributed by atoms with Gasteiger partial charge in [-0.2, -0.15) is 0 Å². The van der Waals surface area contributed by atoms with Crippen LogP contribution in [-0.2, 0) is 0 Å². The average molecular weight is 144 g/mol. The van der Waals surface area contributed by atoms with Gasteiger partial charge < -0.3 is 4.48 Å². The van der Waals surface area contributed by atoms with Crippen LogP contribution in [0.4, 0.5) is 0 Å². The van der Waals surface area contributed by atoms with Crippen molar-refractivity contribution in [2.75, 3.05) is 26.2 Å². The quantitative estimate of drug-likeness (QED) is 0.402. The zero-order chi connectivity index (χ0) is 7.33. The van der Waals surface area contributed by atoms with Gasteiger partial charge in [-0.25, -0.2) is 0 Å². The molecule has 0 saturated heterocycles. The molecule has 0 saturated carbocycles. The van der Waals surface area contributed by atoms with Gasteiger partial charge in [-0.1, -0.05) is 0 Å². The standard InChI is InChI=1S/C8H20N.BH3/c1-5-9(6-2,7-3)8-4;/h5-8H2,1-4H3;1H3/q+1;. The predicted octanol–water partition coefficient (Wildman–Crippen LogP) is 0.699. The molecule has 1 nitrogen and oxygen atoms in total. The van der Waals surface area contributed by atoms with Crippen LogP contribution in [0.25, 0.3) is 0 Å². The smallest absolute Gasteiger partial charge is 0.0814 e. The molecule has 0 amide bonds. The summed E-state index contributed by atoms with van der Waals surface area (Å²) in [7, 11) is 0. The third kappa shape index (κ3) is 2.74. The molecule has 0 rings (SSSR count). The van der Waals surface area contributed by atoms with Gasteiger partial charge in [0, 0.05) is 0 Å². The van der Waals surface area contributed by atoms with Crippen LogP contribution in [0, 0.1) is 0 Å². The van der Waals surface area contributed by atoms with E-state index in [1.165, 1.54) is 30.7 Å². The second-order valence-electron chi connectivity index (χ2n) is 2.61. The molecule has 0 aromatic heterocycles. The molecule has 10 heavy (non-hydrogen) atoms. The molecule has 0 fully saturated rings. The predicted molar refractivity (Wildman–Crippen MR) is 52.4 cm³/mol. The summed E-state index contributed by atoms with van der Waals surface area (Å²) in [6, 6.07) is 0. The van der Waals surface area contributed by atoms with E-state index in [1.807, 2.05) is 0 Å². The fraction of sp³-hybridized carbons (Fsp3) is 1.00. The van der Waals surface area contributed by atoms with Crippen molar-refractivity contribution >= 4 is 8.41 Å². The highest BCUT2D eigenvalue weighted by Gasteiger charge is 2.16. The summed E-state index contributed by atoms with van der Waals surface area (Å²) >= 11 is 0. The molecule has 0 aliphatic carbocycles. The van der Waals surface area contributed by atoms with Gasteiger partial charge in [0.2, 0.25) is 0 Å². The fourth-order valence-corrected chi connectivity index (χ4v) is 1.34. The average Bonchev–Trinajstić information content (AvgIpc) is 1.95. The van der Waals surface area contributed by atoms with Crippen LogP contribution >= 0.6 is 0 Å². The van der Waals surface area contributed by atoms with Crippen molar-refractivity contribution in [3.8, 4) is 0 Å². The highest BCUT2D eigenvalue weighted by Crippen LogP contribution is 2.03. The maximum Gasteiger partial charge on any atom is 0.0814 e. The Morgan fingerprint density at radius 3 is 0.900 bits per heavy atom. The number of hydrogen-bond acceptors (Lipinski definition) is 0. The van der Waals surface area contributed by atoms with Crippen molar-refractivity contribution in [2.45, 2.75) is 27.7 Å². The van der Waals surface area contributed by atoms with E-state index in [0.29, 0.717) is 0 Å². The minimum absolute atomic E-state index is 0. The molecule has 0 aliphatic rings. The van der Waals surface area contributed by atoms with Gasteiger partial charge in [-0.3, -0.25) is 0 Å². The molecule has 0 N–H and O–H groups in total. The first kappa shape index (κ1) is 12.7. The second kappa shape index (κ2) is 5.78. The van der Waals surface area contributed by atoms with Gasteiger partial charge in [0.25, 0.3) is 0 Å². The number of quaternary nitrogens is 1. The SMILES string of the molecule is B.CC[N+](CC)(CC)CC. The molecular formula is C8H23BN+. The zero-order valence-electron chi connectivity index (χ0n) is 7.28. The molecule has 0 heterocycles. The molecule has 0 radical (unpaired) electrons. The van der Waals surface area contributed by atoms with E-state index in [0.717, 1.165) is 0 Å². The van der Waals surface area contributed by atoms with Crippen LogP contribution in [0.3, 0.4) is 0 Å². The van der Waals surface area contributed by atoms with E-state index in [1.54, 1.807) is 0 Å². The van der Waals surface area contributed by atoms with Gasteiger partial charge >= 0.3 is 0 Å². The van der Waals surface area contributed by atoms with Gasteiger partial charge in [0.1, 0.15) is 0 Å². The van der Waals surface area contributed by atoms with Gasteiger partial charge in [0.05, 0.1) is 34.6 Å². The molecule has 62 valence electrons. The molecular weight excluding hydrogens is 121 g/mol. The molecule has 0 aliphatic heterocycles. The first-order chi connectivity index (χ1) is 4.24. The minimum Gasteiger partial charge on any atom is -0.325 e. The third-order valence-corrected chi connectivity index (χ3v) is 2.68. The summed E-state index contributed by atoms with van der Waals surface area (Å²) in [5.41, 5.74) is 0. The van der Waals surface area contributed by atoms with Crippen molar-refractivity contribution in [3.63, 3.8) is 0 Å². The Labute approximate surface area is 67.6 Å². The number of rotatable bonds is 4. The Bertz CT molecular complexity index is 52.1. The monoisotopic (exact) mass is 144 g/mol. The molecule has 2 heteroatoms. The van der Waals surface area contributed by atoms with E-state index in [4.69, 9.17) is 0 Å². The van der Waals surface area contributed by atoms with E-state index < -0.39 is 0 Å². The number of nitrogens with zero attached hydrogens (tertiary/aromatic N) is 1. The first-order valence-electron chi connectivity index (χ1n) is 4.09. The summed E-state index contributed by atoms with van der Waals surface area (Å²) in [6.45, 7) is 14.2. The van der Waals surface area contributed by atoms with Gasteiger partial charge in [-0.15, -0.1) is 0 Å². The van der Waals surface area contributed by atoms with Crippen LogP contribution < -0.4 is 0 Å². The van der Waals surface area contributed by atoms with Crippen LogP contribution in [0.5, 0.6) is 0 Å². The summed E-state index contributed by atoms with van der Waals surface area (Å²) < 4.78 is 1.28. The molecule has 0 bridgehead atoms. The van der Waals surface area contributed by atoms with Crippen molar-refractivity contribution in [3.05, 3.63) is 0 Å². The van der Waals surface area contributed by atoms with Gasteiger partial charge in [0.15, 0.2) is 0 Å². The topological polar surface area (TPSA) is 0 Å². The van der Waals surface area contributed by atoms with E-state index in [-0.39, 0.29) is 8.41 Å². The lowest BCUT2D eigenvalue weighted by molar-refractivity contribution is -0.921. The minimum atomic E-state index is 0. The number of hydrogen-bond donors (Lipinski definition) is 0. The van der Waals surface area contributed by atoms with Crippen LogP contribution in [-0.4, -0.2) is 39.1 Å². The Balaban J connectivity index is 0. The van der Waals surface area contributed by atoms with Crippen molar-refractivity contribution in [2.24, 2.45) is 0 Å². The highest BCUT2D eigenvalue weighted by molar-refractivity contribution is 5.75. The van der Waals surface area contributed by atoms with Crippen molar-refractivity contribution in [1.82, 2.24) is 0 Å². The molecule has 0 atom stereocenters. The fourth-order valence-electron chi connectivity index (χ4n) is 1.34. The maximum absolute atomic E-state index is 2.27. The zero-order valence-corrected chi connectivity index (χ0v) is 7.28. The lowest BCUT2D eigenvalue weighted by Crippen LogP contribution is -2.47. The summed E-state index contributed by atoms with van der Waals surface area (Å²) in [5.74, 6) is 0. The van der Waals surface area contributed by atoms with E-state index in [2.05, 4.69) is 27.7 Å². The lowest BCUT2D eigenvalue weighted by Gasteiger charge is -2.34. The molecule has 0 aromatic carbocycles. The molecule has 0 unspecified atom stereocenters. The largest absolute Gasteiger partial charge is 0.325 e. The Hall–Kier alpha value is 0.0249. The third-order valence-electron chi connectivity index (χ3n) is 2.68. The molecule has 0 spiro atoms. The van der Waals surface area contributed by atoms with Crippen LogP contribution in [0.1, 0.15) is 27.7 Å². The normalized spacial score (nSPS) is 10.8. The van der Waals surface area contributed by atoms with Crippen molar-refractivity contribution < 1.29 is 4.48 Å². The Morgan fingerprint density at radius 1 is 0.700 bits per heavy atom. The highest BCUT2D eigenvalue weighted by atomic mass is 15.3. The van der Waals surface area contributed by atoms with Gasteiger partial charge in [-0.05, 0) is 27.7 Å². The second-order valence-corrected chi connectivity index (χ2v) is 2.61. The van der Waals surface area contributed by atoms with Crippen LogP contribution in [0.2, 0.25) is 0 Å². The maximum atomic E-state index is 2.27. The van der Waals surface area contributed by atoms with E-state index in [9.17, 15) is 0 Å². The van der Waals surface area contributed by atoms with E-state index >= 15 is 0 Å². The Kier molecular flexibility index (Phi) is 7.33. The first-order valence-corrected chi connectivity index (χ1v) is 4.09. The lowest BCUT2D eigenvalue weighted by atomic mass is 10.3.